The van der Waals surface area contributed by atoms with Crippen LogP contribution in [-0.4, -0.2) is 43.0 Å². The number of hydrogen-bond acceptors (Lipinski definition) is 5. The summed E-state index contributed by atoms with van der Waals surface area (Å²) < 4.78 is 1.57. The van der Waals surface area contributed by atoms with Gasteiger partial charge >= 0.3 is 0 Å². The number of aryl methyl sites for hydroxylation is 1. The van der Waals surface area contributed by atoms with E-state index in [-0.39, 0.29) is 5.91 Å². The van der Waals surface area contributed by atoms with Crippen molar-refractivity contribution in [3.8, 4) is 5.69 Å². The number of nitrogens with zero attached hydrogens (tertiary/aromatic N) is 6. The van der Waals surface area contributed by atoms with Gasteiger partial charge in [0, 0.05) is 18.8 Å². The molecule has 2 heterocycles. The van der Waals surface area contributed by atoms with E-state index in [0.29, 0.717) is 12.1 Å². The van der Waals surface area contributed by atoms with Crippen LogP contribution in [0.1, 0.15) is 21.6 Å². The molecule has 0 fully saturated rings. The summed E-state index contributed by atoms with van der Waals surface area (Å²) in [6.07, 6.45) is 3.25. The Balaban J connectivity index is 1.78. The number of amides is 1. The van der Waals surface area contributed by atoms with Crippen LogP contribution in [0.15, 0.2) is 48.9 Å². The van der Waals surface area contributed by atoms with Crippen LogP contribution in [0.4, 0.5) is 0 Å². The van der Waals surface area contributed by atoms with Crippen LogP contribution in [-0.2, 0) is 6.54 Å². The predicted octanol–water partition coefficient (Wildman–Crippen LogP) is 1.64. The summed E-state index contributed by atoms with van der Waals surface area (Å²) in [5.74, 6) is -0.0537. The van der Waals surface area contributed by atoms with E-state index in [0.717, 1.165) is 16.9 Å². The predicted molar refractivity (Wildman–Crippen MR) is 83.9 cm³/mol. The second-order valence-corrected chi connectivity index (χ2v) is 5.24. The van der Waals surface area contributed by atoms with Crippen molar-refractivity contribution in [3.63, 3.8) is 0 Å². The van der Waals surface area contributed by atoms with Gasteiger partial charge in [0.25, 0.3) is 5.91 Å². The third kappa shape index (κ3) is 3.23. The summed E-state index contributed by atoms with van der Waals surface area (Å²) in [5, 5.41) is 11.1. The maximum absolute atomic E-state index is 12.6. The molecule has 2 aromatic heterocycles. The molecule has 0 N–H and O–H groups in total. The smallest absolute Gasteiger partial charge is 0.253 e. The third-order valence-electron chi connectivity index (χ3n) is 3.51. The number of aromatic nitrogens is 5. The molecule has 0 aliphatic carbocycles. The van der Waals surface area contributed by atoms with Crippen molar-refractivity contribution in [2.75, 3.05) is 7.05 Å². The van der Waals surface area contributed by atoms with Crippen LogP contribution < -0.4 is 0 Å². The van der Waals surface area contributed by atoms with Gasteiger partial charge in [-0.2, -0.15) is 0 Å². The molecule has 0 radical (unpaired) electrons. The Kier molecular flexibility index (Phi) is 4.09. The molecule has 1 aromatic carbocycles. The zero-order valence-electron chi connectivity index (χ0n) is 12.9. The summed E-state index contributed by atoms with van der Waals surface area (Å²) in [5.41, 5.74) is 3.25. The molecule has 0 atom stereocenters. The van der Waals surface area contributed by atoms with Crippen molar-refractivity contribution < 1.29 is 4.79 Å². The van der Waals surface area contributed by atoms with E-state index in [1.807, 2.05) is 37.3 Å². The van der Waals surface area contributed by atoms with Gasteiger partial charge < -0.3 is 4.90 Å². The van der Waals surface area contributed by atoms with Crippen molar-refractivity contribution in [2.45, 2.75) is 13.5 Å². The average molecular weight is 308 g/mol. The number of hydrogen-bond donors (Lipinski definition) is 0. The van der Waals surface area contributed by atoms with E-state index in [9.17, 15) is 4.79 Å². The summed E-state index contributed by atoms with van der Waals surface area (Å²) in [6.45, 7) is 2.39. The van der Waals surface area contributed by atoms with Gasteiger partial charge in [-0.15, -0.1) is 5.10 Å². The highest BCUT2D eigenvalue weighted by atomic mass is 16.2. The molecule has 0 saturated heterocycles. The molecule has 1 amide bonds. The molecular weight excluding hydrogens is 292 g/mol. The second-order valence-electron chi connectivity index (χ2n) is 5.24. The molecule has 7 heteroatoms. The molecule has 0 bridgehead atoms. The molecule has 0 aliphatic rings. The molecule has 0 spiro atoms. The van der Waals surface area contributed by atoms with E-state index in [1.165, 1.54) is 6.33 Å². The lowest BCUT2D eigenvalue weighted by molar-refractivity contribution is 0.0783. The monoisotopic (exact) mass is 308 g/mol. The fourth-order valence-electron chi connectivity index (χ4n) is 2.34. The molecule has 3 aromatic rings. The normalized spacial score (nSPS) is 10.5. The van der Waals surface area contributed by atoms with Gasteiger partial charge in [0.1, 0.15) is 6.33 Å². The van der Waals surface area contributed by atoms with Gasteiger partial charge in [-0.05, 0) is 53.2 Å². The van der Waals surface area contributed by atoms with E-state index < -0.39 is 0 Å². The fourth-order valence-corrected chi connectivity index (χ4v) is 2.34. The molecule has 0 unspecified atom stereocenters. The first kappa shape index (κ1) is 14.8. The molecule has 23 heavy (non-hydrogen) atoms. The number of carbonyl (C=O) groups excluding carboxylic acids is 1. The Hall–Kier alpha value is -3.09. The van der Waals surface area contributed by atoms with Crippen molar-refractivity contribution in [1.29, 1.82) is 0 Å². The summed E-state index contributed by atoms with van der Waals surface area (Å²) in [7, 11) is 1.77. The quantitative estimate of drug-likeness (QED) is 0.732. The molecule has 7 nitrogen and oxygen atoms in total. The van der Waals surface area contributed by atoms with Crippen molar-refractivity contribution in [2.24, 2.45) is 0 Å². The van der Waals surface area contributed by atoms with Gasteiger partial charge in [0.2, 0.25) is 0 Å². The van der Waals surface area contributed by atoms with E-state index in [4.69, 9.17) is 0 Å². The van der Waals surface area contributed by atoms with Gasteiger partial charge in [-0.25, -0.2) is 4.68 Å². The zero-order valence-corrected chi connectivity index (χ0v) is 12.9. The largest absolute Gasteiger partial charge is 0.336 e. The van der Waals surface area contributed by atoms with Gasteiger partial charge in [0.15, 0.2) is 0 Å². The van der Waals surface area contributed by atoms with Gasteiger partial charge in [-0.3, -0.25) is 9.78 Å². The maximum Gasteiger partial charge on any atom is 0.253 e. The summed E-state index contributed by atoms with van der Waals surface area (Å²) in [6, 6.07) is 11.1. The summed E-state index contributed by atoms with van der Waals surface area (Å²) in [4.78, 5) is 18.4. The minimum atomic E-state index is -0.0537. The van der Waals surface area contributed by atoms with Crippen LogP contribution in [0.5, 0.6) is 0 Å². The zero-order chi connectivity index (χ0) is 16.2. The minimum Gasteiger partial charge on any atom is -0.336 e. The van der Waals surface area contributed by atoms with Crippen LogP contribution in [0.3, 0.4) is 0 Å². The first-order valence-corrected chi connectivity index (χ1v) is 7.14. The first-order chi connectivity index (χ1) is 11.1. The van der Waals surface area contributed by atoms with E-state index in [2.05, 4.69) is 20.5 Å². The molecule has 116 valence electrons. The lowest BCUT2D eigenvalue weighted by Crippen LogP contribution is -2.26. The van der Waals surface area contributed by atoms with Gasteiger partial charge in [-0.1, -0.05) is 6.07 Å². The Labute approximate surface area is 133 Å². The lowest BCUT2D eigenvalue weighted by atomic mass is 10.1. The number of benzene rings is 1. The fraction of sp³-hybridized carbons (Fsp3) is 0.188. The molecule has 0 saturated carbocycles. The number of rotatable bonds is 4. The molecule has 3 rings (SSSR count). The number of pyridine rings is 1. The highest BCUT2D eigenvalue weighted by molar-refractivity contribution is 5.94. The first-order valence-electron chi connectivity index (χ1n) is 7.14. The lowest BCUT2D eigenvalue weighted by Gasteiger charge is -2.17. The number of carbonyl (C=O) groups is 1. The molecular formula is C16H16N6O. The number of tetrazole rings is 1. The van der Waals surface area contributed by atoms with Crippen LogP contribution in [0.25, 0.3) is 5.69 Å². The minimum absolute atomic E-state index is 0.0537. The Morgan fingerprint density at radius 3 is 2.78 bits per heavy atom. The Bertz CT molecular complexity index is 801. The highest BCUT2D eigenvalue weighted by Crippen LogP contribution is 2.16. The third-order valence-corrected chi connectivity index (χ3v) is 3.51. The standard InChI is InChI=1S/C16H16N6O/c1-12-9-13(6-7-15(12)22-11-18-19-20-22)16(23)21(2)10-14-5-3-4-8-17-14/h3-9,11H,10H2,1-2H3. The molecule has 0 aliphatic heterocycles. The van der Waals surface area contributed by atoms with Crippen molar-refractivity contribution in [1.82, 2.24) is 30.1 Å². The van der Waals surface area contributed by atoms with Crippen LogP contribution in [0, 0.1) is 6.92 Å². The topological polar surface area (TPSA) is 76.8 Å². The van der Waals surface area contributed by atoms with E-state index >= 15 is 0 Å². The Morgan fingerprint density at radius 1 is 1.26 bits per heavy atom. The van der Waals surface area contributed by atoms with Gasteiger partial charge in [0.05, 0.1) is 17.9 Å². The maximum atomic E-state index is 12.6. The van der Waals surface area contributed by atoms with Crippen molar-refractivity contribution >= 4 is 5.91 Å². The average Bonchev–Trinajstić information content (AvgIpc) is 3.09. The Morgan fingerprint density at radius 2 is 2.13 bits per heavy atom. The highest BCUT2D eigenvalue weighted by Gasteiger charge is 2.14. The summed E-state index contributed by atoms with van der Waals surface area (Å²) >= 11 is 0. The van der Waals surface area contributed by atoms with E-state index in [1.54, 1.807) is 28.9 Å². The SMILES string of the molecule is Cc1cc(C(=O)N(C)Cc2ccccn2)ccc1-n1cnnn1. The second kappa shape index (κ2) is 6.35. The van der Waals surface area contributed by atoms with Crippen LogP contribution >= 0.6 is 0 Å². The van der Waals surface area contributed by atoms with Crippen LogP contribution in [0.2, 0.25) is 0 Å². The van der Waals surface area contributed by atoms with Crippen molar-refractivity contribution in [3.05, 3.63) is 65.7 Å².